The van der Waals surface area contributed by atoms with Crippen molar-refractivity contribution in [1.82, 2.24) is 15.1 Å². The molecular weight excluding hydrogens is 469 g/mol. The number of hydrogen-bond donors (Lipinski definition) is 1. The fourth-order valence-corrected chi connectivity index (χ4v) is 4.47. The number of urea groups is 1. The molecule has 0 aliphatic carbocycles. The molecule has 0 bridgehead atoms. The van der Waals surface area contributed by atoms with E-state index in [1.807, 2.05) is 60.4 Å². The van der Waals surface area contributed by atoms with Crippen LogP contribution in [0.1, 0.15) is 23.6 Å². The Bertz CT molecular complexity index is 1290. The fourth-order valence-electron chi connectivity index (χ4n) is 4.47. The first-order valence-electron chi connectivity index (χ1n) is 11.7. The highest BCUT2D eigenvalue weighted by atomic mass is 19.4. The van der Waals surface area contributed by atoms with Crippen LogP contribution in [-0.4, -0.2) is 47.3 Å². The molecule has 186 valence electrons. The third-order valence-corrected chi connectivity index (χ3v) is 6.33. The van der Waals surface area contributed by atoms with Gasteiger partial charge in [-0.25, -0.2) is 9.79 Å². The number of nitrogens with zero attached hydrogens (tertiary/aromatic N) is 3. The lowest BCUT2D eigenvalue weighted by Crippen LogP contribution is -2.57. The van der Waals surface area contributed by atoms with Crippen molar-refractivity contribution in [2.75, 3.05) is 19.6 Å². The second-order valence-electron chi connectivity index (χ2n) is 8.85. The van der Waals surface area contributed by atoms with Crippen molar-refractivity contribution in [3.8, 4) is 11.5 Å². The second-order valence-corrected chi connectivity index (χ2v) is 8.85. The number of carbonyl (C=O) groups is 1. The summed E-state index contributed by atoms with van der Waals surface area (Å²) in [5.74, 6) is 1.31. The maximum Gasteiger partial charge on any atom is 0.416 e. The number of carbonyl (C=O) groups excluding carboxylic acids is 1. The van der Waals surface area contributed by atoms with Gasteiger partial charge in [-0.05, 0) is 42.8 Å². The molecule has 0 saturated carbocycles. The van der Waals surface area contributed by atoms with Crippen molar-refractivity contribution in [1.29, 1.82) is 0 Å². The second kappa shape index (κ2) is 9.56. The number of amides is 2. The molecule has 36 heavy (non-hydrogen) atoms. The number of alkyl halides is 3. The summed E-state index contributed by atoms with van der Waals surface area (Å²) in [7, 11) is 0. The van der Waals surface area contributed by atoms with Gasteiger partial charge in [0.15, 0.2) is 5.75 Å². The molecular formula is C27H25F3N4O2. The van der Waals surface area contributed by atoms with Crippen LogP contribution in [-0.2, 0) is 12.7 Å². The number of halogens is 3. The molecule has 2 amide bonds. The van der Waals surface area contributed by atoms with Crippen LogP contribution in [0.2, 0.25) is 0 Å². The molecule has 0 unspecified atom stereocenters. The number of para-hydroxylation sites is 1. The number of ether oxygens (including phenoxy) is 1. The smallest absolute Gasteiger partial charge is 0.416 e. The molecule has 1 fully saturated rings. The highest BCUT2D eigenvalue weighted by Gasteiger charge is 2.34. The minimum Gasteiger partial charge on any atom is -0.454 e. The minimum atomic E-state index is -4.49. The summed E-state index contributed by atoms with van der Waals surface area (Å²) < 4.78 is 46.1. The highest BCUT2D eigenvalue weighted by molar-refractivity contribution is 6.04. The number of hydrogen-bond acceptors (Lipinski definition) is 4. The molecule has 1 saturated heterocycles. The topological polar surface area (TPSA) is 57.2 Å². The van der Waals surface area contributed by atoms with Crippen LogP contribution in [0.25, 0.3) is 0 Å². The SMILES string of the molecule is C[C@H]1CN(C2=Nc3cc(C(F)(F)F)ccc3Oc3ccccc32)CCN1C(=O)NCc1ccccc1. The molecule has 9 heteroatoms. The van der Waals surface area contributed by atoms with E-state index in [0.29, 0.717) is 43.3 Å². The first kappa shape index (κ1) is 23.7. The van der Waals surface area contributed by atoms with Gasteiger partial charge in [0.05, 0.1) is 11.1 Å². The first-order chi connectivity index (χ1) is 17.3. The molecule has 6 nitrogen and oxygen atoms in total. The van der Waals surface area contributed by atoms with Crippen molar-refractivity contribution in [2.45, 2.75) is 25.7 Å². The monoisotopic (exact) mass is 494 g/mol. The van der Waals surface area contributed by atoms with Crippen LogP contribution < -0.4 is 10.1 Å². The predicted octanol–water partition coefficient (Wildman–Crippen LogP) is 5.81. The van der Waals surface area contributed by atoms with E-state index in [1.54, 1.807) is 11.0 Å². The molecule has 1 N–H and O–H groups in total. The Morgan fingerprint density at radius 3 is 2.53 bits per heavy atom. The Hall–Kier alpha value is -4.01. The number of aliphatic imine (C=N–C) groups is 1. The summed E-state index contributed by atoms with van der Waals surface area (Å²) in [6.07, 6.45) is -4.49. The number of nitrogens with one attached hydrogen (secondary N) is 1. The lowest BCUT2D eigenvalue weighted by atomic mass is 10.1. The number of rotatable bonds is 2. The van der Waals surface area contributed by atoms with E-state index in [1.165, 1.54) is 6.07 Å². The largest absolute Gasteiger partial charge is 0.454 e. The van der Waals surface area contributed by atoms with Crippen LogP contribution in [0.3, 0.4) is 0 Å². The highest BCUT2D eigenvalue weighted by Crippen LogP contribution is 2.41. The summed E-state index contributed by atoms with van der Waals surface area (Å²) in [4.78, 5) is 21.3. The van der Waals surface area contributed by atoms with Gasteiger partial charge in [0.2, 0.25) is 0 Å². The van der Waals surface area contributed by atoms with E-state index >= 15 is 0 Å². The quantitative estimate of drug-likeness (QED) is 0.490. The lowest BCUT2D eigenvalue weighted by molar-refractivity contribution is -0.137. The molecule has 5 rings (SSSR count). The zero-order valence-electron chi connectivity index (χ0n) is 19.6. The van der Waals surface area contributed by atoms with Gasteiger partial charge in [0.25, 0.3) is 0 Å². The molecule has 3 aromatic carbocycles. The van der Waals surface area contributed by atoms with E-state index < -0.39 is 11.7 Å². The predicted molar refractivity (Wildman–Crippen MR) is 131 cm³/mol. The van der Waals surface area contributed by atoms with Gasteiger partial charge in [-0.1, -0.05) is 42.5 Å². The number of benzene rings is 3. The Balaban J connectivity index is 1.38. The van der Waals surface area contributed by atoms with Gasteiger partial charge in [0, 0.05) is 32.2 Å². The third kappa shape index (κ3) is 4.86. The van der Waals surface area contributed by atoms with Crippen LogP contribution in [0.4, 0.5) is 23.7 Å². The average molecular weight is 495 g/mol. The molecule has 0 spiro atoms. The van der Waals surface area contributed by atoms with E-state index in [4.69, 9.17) is 4.74 Å². The van der Waals surface area contributed by atoms with Crippen molar-refractivity contribution in [3.05, 3.63) is 89.5 Å². The number of piperazine rings is 1. The van der Waals surface area contributed by atoms with E-state index in [2.05, 4.69) is 10.3 Å². The van der Waals surface area contributed by atoms with Crippen molar-refractivity contribution in [2.24, 2.45) is 4.99 Å². The van der Waals surface area contributed by atoms with Gasteiger partial charge in [-0.3, -0.25) is 0 Å². The zero-order chi connectivity index (χ0) is 25.3. The van der Waals surface area contributed by atoms with E-state index in [9.17, 15) is 18.0 Å². The lowest BCUT2D eigenvalue weighted by Gasteiger charge is -2.41. The van der Waals surface area contributed by atoms with Gasteiger partial charge in [0.1, 0.15) is 17.3 Å². The van der Waals surface area contributed by atoms with Crippen LogP contribution in [0, 0.1) is 0 Å². The number of amidine groups is 1. The maximum absolute atomic E-state index is 13.4. The number of fused-ring (bicyclic) bond motifs is 2. The molecule has 3 aromatic rings. The van der Waals surface area contributed by atoms with Crippen LogP contribution in [0.15, 0.2) is 77.8 Å². The minimum absolute atomic E-state index is 0.117. The van der Waals surface area contributed by atoms with Crippen molar-refractivity contribution < 1.29 is 22.7 Å². The van der Waals surface area contributed by atoms with Crippen molar-refractivity contribution in [3.63, 3.8) is 0 Å². The van der Waals surface area contributed by atoms with Crippen LogP contribution >= 0.6 is 0 Å². The zero-order valence-corrected chi connectivity index (χ0v) is 19.6. The molecule has 2 aliphatic rings. The Morgan fingerprint density at radius 1 is 1.03 bits per heavy atom. The summed E-state index contributed by atoms with van der Waals surface area (Å²) in [6, 6.07) is 20.0. The van der Waals surface area contributed by atoms with Gasteiger partial charge < -0.3 is 19.9 Å². The van der Waals surface area contributed by atoms with Gasteiger partial charge >= 0.3 is 12.2 Å². The Kier molecular flexibility index (Phi) is 6.30. The summed E-state index contributed by atoms with van der Waals surface area (Å²) in [5, 5.41) is 2.96. The normalized spacial score (nSPS) is 17.3. The van der Waals surface area contributed by atoms with Gasteiger partial charge in [-0.15, -0.1) is 0 Å². The molecule has 0 radical (unpaired) electrons. The van der Waals surface area contributed by atoms with Crippen LogP contribution in [0.5, 0.6) is 11.5 Å². The molecule has 2 aliphatic heterocycles. The molecule has 2 heterocycles. The summed E-state index contributed by atoms with van der Waals surface area (Å²) in [5.41, 5.74) is 1.04. The summed E-state index contributed by atoms with van der Waals surface area (Å²) in [6.45, 7) is 3.77. The van der Waals surface area contributed by atoms with E-state index in [0.717, 1.165) is 17.7 Å². The molecule has 0 aromatic heterocycles. The average Bonchev–Trinajstić information content (AvgIpc) is 3.03. The standard InChI is InChI=1S/C27H25F3N4O2/c1-18-17-33(13-14-34(18)26(35)31-16-19-7-3-2-4-8-19)25-21-9-5-6-10-23(21)36-24-12-11-20(27(28,29)30)15-22(24)32-25/h2-12,15,18H,13-14,16-17H2,1H3,(H,31,35)/t18-/m0/s1. The van der Waals surface area contributed by atoms with Crippen molar-refractivity contribution >= 4 is 17.6 Å². The Morgan fingerprint density at radius 2 is 1.78 bits per heavy atom. The van der Waals surface area contributed by atoms with Gasteiger partial charge in [-0.2, -0.15) is 13.2 Å². The van der Waals surface area contributed by atoms with E-state index in [-0.39, 0.29) is 23.5 Å². The fraction of sp³-hybridized carbons (Fsp3) is 0.259. The molecule has 1 atom stereocenters. The third-order valence-electron chi connectivity index (χ3n) is 6.33. The summed E-state index contributed by atoms with van der Waals surface area (Å²) >= 11 is 0. The maximum atomic E-state index is 13.4. The Labute approximate surface area is 207 Å². The first-order valence-corrected chi connectivity index (χ1v) is 11.7.